The van der Waals surface area contributed by atoms with Gasteiger partial charge in [-0.25, -0.2) is 4.39 Å². The Morgan fingerprint density at radius 3 is 2.65 bits per heavy atom. The fraction of sp³-hybridized carbons (Fsp3) is 0.250. The summed E-state index contributed by atoms with van der Waals surface area (Å²) in [4.78, 5) is 10.4. The van der Waals surface area contributed by atoms with Gasteiger partial charge in [0.25, 0.3) is 5.69 Å². The number of nitro benzene ring substituents is 1. The van der Waals surface area contributed by atoms with E-state index >= 15 is 0 Å². The monoisotopic (exact) mass is 320 g/mol. The molecule has 1 N–H and O–H groups in total. The van der Waals surface area contributed by atoms with Gasteiger partial charge in [-0.2, -0.15) is 0 Å². The van der Waals surface area contributed by atoms with Gasteiger partial charge in [-0.3, -0.25) is 10.1 Å². The Kier molecular flexibility index (Phi) is 5.35. The lowest BCUT2D eigenvalue weighted by molar-refractivity contribution is -0.384. The summed E-state index contributed by atoms with van der Waals surface area (Å²) in [5, 5.41) is 13.9. The van der Waals surface area contributed by atoms with E-state index in [0.29, 0.717) is 24.7 Å². The van der Waals surface area contributed by atoms with Crippen molar-refractivity contribution in [1.82, 2.24) is 0 Å². The average molecular weight is 320 g/mol. The Hall–Kier alpha value is -2.83. The highest BCUT2D eigenvalue weighted by Gasteiger charge is 2.15. The topological polar surface area (TPSA) is 73.6 Å². The second-order valence-corrected chi connectivity index (χ2v) is 4.69. The molecule has 0 aliphatic rings. The van der Waals surface area contributed by atoms with Crippen molar-refractivity contribution < 1.29 is 18.8 Å². The molecule has 2 rings (SSSR count). The first-order valence-corrected chi connectivity index (χ1v) is 7.02. The summed E-state index contributed by atoms with van der Waals surface area (Å²) in [6.45, 7) is 2.69. The molecule has 0 spiro atoms. The quantitative estimate of drug-likeness (QED) is 0.621. The Morgan fingerprint density at radius 2 is 2.00 bits per heavy atom. The van der Waals surface area contributed by atoms with Crippen molar-refractivity contribution in [3.63, 3.8) is 0 Å². The average Bonchev–Trinajstić information content (AvgIpc) is 2.54. The molecule has 0 unspecified atom stereocenters. The molecule has 122 valence electrons. The van der Waals surface area contributed by atoms with Gasteiger partial charge in [-0.15, -0.1) is 0 Å². The number of hydrogen-bond donors (Lipinski definition) is 1. The third-order valence-corrected chi connectivity index (χ3v) is 3.17. The molecule has 0 saturated heterocycles. The second kappa shape index (κ2) is 7.44. The second-order valence-electron chi connectivity index (χ2n) is 4.69. The Morgan fingerprint density at radius 1 is 1.22 bits per heavy atom. The summed E-state index contributed by atoms with van der Waals surface area (Å²) < 4.78 is 23.8. The van der Waals surface area contributed by atoms with Crippen molar-refractivity contribution in [2.24, 2.45) is 0 Å². The number of methoxy groups -OCH3 is 1. The van der Waals surface area contributed by atoms with Gasteiger partial charge in [-0.05, 0) is 36.8 Å². The minimum Gasteiger partial charge on any atom is -0.493 e. The van der Waals surface area contributed by atoms with E-state index in [9.17, 15) is 14.5 Å². The van der Waals surface area contributed by atoms with Crippen LogP contribution >= 0.6 is 0 Å². The molecule has 6 nitrogen and oxygen atoms in total. The van der Waals surface area contributed by atoms with Crippen LogP contribution in [-0.4, -0.2) is 18.6 Å². The maximum absolute atomic E-state index is 13.1. The van der Waals surface area contributed by atoms with Crippen molar-refractivity contribution in [3.8, 4) is 11.5 Å². The van der Waals surface area contributed by atoms with Gasteiger partial charge in [-0.1, -0.05) is 6.07 Å². The molecular weight excluding hydrogens is 303 g/mol. The van der Waals surface area contributed by atoms with E-state index in [0.717, 1.165) is 11.6 Å². The smallest absolute Gasteiger partial charge is 0.295 e. The molecule has 23 heavy (non-hydrogen) atoms. The van der Waals surface area contributed by atoms with Crippen LogP contribution in [-0.2, 0) is 6.54 Å². The van der Waals surface area contributed by atoms with Gasteiger partial charge in [0.05, 0.1) is 24.7 Å². The molecule has 0 aromatic heterocycles. The molecule has 0 bridgehead atoms. The molecule has 0 amide bonds. The fourth-order valence-electron chi connectivity index (χ4n) is 2.10. The molecule has 2 aromatic carbocycles. The summed E-state index contributed by atoms with van der Waals surface area (Å²) in [6.07, 6.45) is 0. The third-order valence-electron chi connectivity index (χ3n) is 3.17. The van der Waals surface area contributed by atoms with Crippen LogP contribution in [0.2, 0.25) is 0 Å². The zero-order chi connectivity index (χ0) is 16.8. The molecular formula is C16H17FN2O4. The SMILES string of the molecule is CCOc1cc(CNc2ccc(F)cc2[N+](=O)[O-])ccc1OC. The number of hydrogen-bond acceptors (Lipinski definition) is 5. The normalized spacial score (nSPS) is 10.2. The molecule has 0 saturated carbocycles. The van der Waals surface area contributed by atoms with E-state index in [2.05, 4.69) is 5.32 Å². The molecule has 7 heteroatoms. The zero-order valence-electron chi connectivity index (χ0n) is 12.8. The standard InChI is InChI=1S/C16H17FN2O4/c1-3-23-16-8-11(4-7-15(16)22-2)10-18-13-6-5-12(17)9-14(13)19(20)21/h4-9,18H,3,10H2,1-2H3. The highest BCUT2D eigenvalue weighted by molar-refractivity contribution is 5.61. The highest BCUT2D eigenvalue weighted by atomic mass is 19.1. The Labute approximate surface area is 133 Å². The molecule has 0 fully saturated rings. The van der Waals surface area contributed by atoms with Gasteiger partial charge in [0.2, 0.25) is 0 Å². The fourth-order valence-corrected chi connectivity index (χ4v) is 2.10. The summed E-state index contributed by atoms with van der Waals surface area (Å²) in [7, 11) is 1.55. The van der Waals surface area contributed by atoms with Crippen molar-refractivity contribution >= 4 is 11.4 Å². The van der Waals surface area contributed by atoms with Crippen LogP contribution in [0.5, 0.6) is 11.5 Å². The molecule has 0 atom stereocenters. The predicted octanol–water partition coefficient (Wildman–Crippen LogP) is 3.75. The highest BCUT2D eigenvalue weighted by Crippen LogP contribution is 2.29. The van der Waals surface area contributed by atoms with E-state index in [1.807, 2.05) is 13.0 Å². The minimum absolute atomic E-state index is 0.255. The first-order chi connectivity index (χ1) is 11.0. The van der Waals surface area contributed by atoms with Gasteiger partial charge < -0.3 is 14.8 Å². The van der Waals surface area contributed by atoms with E-state index < -0.39 is 10.7 Å². The van der Waals surface area contributed by atoms with E-state index in [-0.39, 0.29) is 11.4 Å². The van der Waals surface area contributed by atoms with Crippen LogP contribution in [0, 0.1) is 15.9 Å². The van der Waals surface area contributed by atoms with Crippen LogP contribution in [0.15, 0.2) is 36.4 Å². The number of halogens is 1. The van der Waals surface area contributed by atoms with Crippen molar-refractivity contribution in [1.29, 1.82) is 0 Å². The molecule has 0 heterocycles. The number of nitrogens with zero attached hydrogens (tertiary/aromatic N) is 1. The third kappa shape index (κ3) is 4.09. The number of benzene rings is 2. The number of nitro groups is 1. The lowest BCUT2D eigenvalue weighted by Gasteiger charge is -2.12. The first-order valence-electron chi connectivity index (χ1n) is 7.02. The van der Waals surface area contributed by atoms with Crippen LogP contribution < -0.4 is 14.8 Å². The van der Waals surface area contributed by atoms with Crippen molar-refractivity contribution in [2.75, 3.05) is 19.0 Å². The number of anilines is 1. The number of ether oxygens (including phenoxy) is 2. The van der Waals surface area contributed by atoms with Gasteiger partial charge in [0.1, 0.15) is 11.5 Å². The lowest BCUT2D eigenvalue weighted by Crippen LogP contribution is -2.04. The van der Waals surface area contributed by atoms with Crippen LogP contribution in [0.3, 0.4) is 0 Å². The largest absolute Gasteiger partial charge is 0.493 e. The number of rotatable bonds is 7. The van der Waals surface area contributed by atoms with Gasteiger partial charge >= 0.3 is 0 Å². The predicted molar refractivity (Wildman–Crippen MR) is 84.5 cm³/mol. The molecule has 0 aliphatic carbocycles. The Bertz CT molecular complexity index is 706. The van der Waals surface area contributed by atoms with Crippen molar-refractivity contribution in [2.45, 2.75) is 13.5 Å². The molecule has 0 radical (unpaired) electrons. The van der Waals surface area contributed by atoms with Crippen molar-refractivity contribution in [3.05, 3.63) is 57.9 Å². The molecule has 2 aromatic rings. The summed E-state index contributed by atoms with van der Waals surface area (Å²) in [5.41, 5.74) is 0.807. The van der Waals surface area contributed by atoms with Gasteiger partial charge in [0.15, 0.2) is 11.5 Å². The van der Waals surface area contributed by atoms with Crippen LogP contribution in [0.4, 0.5) is 15.8 Å². The first kappa shape index (κ1) is 16.5. The maximum atomic E-state index is 13.1. The minimum atomic E-state index is -0.648. The summed E-state index contributed by atoms with van der Waals surface area (Å²) in [6, 6.07) is 8.80. The van der Waals surface area contributed by atoms with E-state index in [1.54, 1.807) is 19.2 Å². The summed E-state index contributed by atoms with van der Waals surface area (Å²) in [5.74, 6) is 0.566. The zero-order valence-corrected chi connectivity index (χ0v) is 12.8. The molecule has 0 aliphatic heterocycles. The maximum Gasteiger partial charge on any atom is 0.295 e. The Balaban J connectivity index is 2.18. The summed E-state index contributed by atoms with van der Waals surface area (Å²) >= 11 is 0. The van der Waals surface area contributed by atoms with E-state index in [1.165, 1.54) is 12.1 Å². The number of nitrogens with one attached hydrogen (secondary N) is 1. The van der Waals surface area contributed by atoms with Crippen LogP contribution in [0.1, 0.15) is 12.5 Å². The van der Waals surface area contributed by atoms with Gasteiger partial charge in [0, 0.05) is 6.54 Å². The lowest BCUT2D eigenvalue weighted by atomic mass is 10.2. The van der Waals surface area contributed by atoms with E-state index in [4.69, 9.17) is 9.47 Å². The van der Waals surface area contributed by atoms with Crippen LogP contribution in [0.25, 0.3) is 0 Å².